The Morgan fingerprint density at radius 1 is 1.11 bits per heavy atom. The minimum atomic E-state index is -0.517. The van der Waals surface area contributed by atoms with E-state index in [2.05, 4.69) is 5.32 Å². The third kappa shape index (κ3) is 4.43. The molecule has 0 saturated carbocycles. The summed E-state index contributed by atoms with van der Waals surface area (Å²) in [7, 11) is 1.69. The first-order valence-electron chi connectivity index (χ1n) is 8.78. The largest absolute Gasteiger partial charge is 0.457 e. The van der Waals surface area contributed by atoms with Gasteiger partial charge in [0.1, 0.15) is 0 Å². The monoisotopic (exact) mass is 380 g/mol. The molecule has 2 aromatic rings. The van der Waals surface area contributed by atoms with E-state index in [4.69, 9.17) is 4.74 Å². The first kappa shape index (κ1) is 19.3. The van der Waals surface area contributed by atoms with E-state index < -0.39 is 5.97 Å². The zero-order valence-electron chi connectivity index (χ0n) is 15.7. The van der Waals surface area contributed by atoms with Gasteiger partial charge in [0.05, 0.1) is 12.8 Å². The van der Waals surface area contributed by atoms with E-state index in [9.17, 15) is 19.2 Å². The summed E-state index contributed by atoms with van der Waals surface area (Å²) in [6.45, 7) is 1.06. The van der Waals surface area contributed by atoms with Crippen LogP contribution in [0.3, 0.4) is 0 Å². The van der Waals surface area contributed by atoms with Crippen LogP contribution < -0.4 is 10.2 Å². The van der Waals surface area contributed by atoms with Crippen LogP contribution in [0.25, 0.3) is 0 Å². The van der Waals surface area contributed by atoms with Crippen LogP contribution in [-0.4, -0.2) is 37.2 Å². The molecule has 0 aliphatic carbocycles. The molecule has 0 fully saturated rings. The van der Waals surface area contributed by atoms with Gasteiger partial charge < -0.3 is 15.0 Å². The Balaban J connectivity index is 1.53. The lowest BCUT2D eigenvalue weighted by Gasteiger charge is -2.10. The van der Waals surface area contributed by atoms with E-state index >= 15 is 0 Å². The van der Waals surface area contributed by atoms with Crippen molar-refractivity contribution in [3.8, 4) is 0 Å². The second kappa shape index (κ2) is 8.04. The second-order valence-corrected chi connectivity index (χ2v) is 6.61. The number of hydrogen-bond donors (Lipinski definition) is 1. The highest BCUT2D eigenvalue weighted by Crippen LogP contribution is 2.28. The molecule has 0 spiro atoms. The number of ketones is 1. The number of rotatable bonds is 6. The van der Waals surface area contributed by atoms with Gasteiger partial charge in [0.15, 0.2) is 12.4 Å². The van der Waals surface area contributed by atoms with Crippen LogP contribution in [0, 0.1) is 0 Å². The topological polar surface area (TPSA) is 92.8 Å². The van der Waals surface area contributed by atoms with Gasteiger partial charge >= 0.3 is 5.97 Å². The summed E-state index contributed by atoms with van der Waals surface area (Å²) in [6, 6.07) is 11.8. The van der Waals surface area contributed by atoms with E-state index in [-0.39, 0.29) is 37.0 Å². The first-order chi connectivity index (χ1) is 13.3. The van der Waals surface area contributed by atoms with E-state index in [0.29, 0.717) is 16.8 Å². The molecule has 1 heterocycles. The molecule has 7 heteroatoms. The average Bonchev–Trinajstić information content (AvgIpc) is 2.94. The lowest BCUT2D eigenvalue weighted by Crippen LogP contribution is -2.20. The zero-order valence-corrected chi connectivity index (χ0v) is 15.7. The summed E-state index contributed by atoms with van der Waals surface area (Å²) in [5.41, 5.74) is 3.35. The van der Waals surface area contributed by atoms with Crippen molar-refractivity contribution in [2.75, 3.05) is 23.9 Å². The number of anilines is 2. The van der Waals surface area contributed by atoms with Crippen molar-refractivity contribution >= 4 is 34.9 Å². The maximum Gasteiger partial charge on any atom is 0.310 e. The van der Waals surface area contributed by atoms with Crippen LogP contribution in [-0.2, 0) is 32.0 Å². The summed E-state index contributed by atoms with van der Waals surface area (Å²) in [4.78, 5) is 48.6. The van der Waals surface area contributed by atoms with Crippen LogP contribution in [0.5, 0.6) is 0 Å². The number of fused-ring (bicyclic) bond motifs is 1. The molecule has 0 unspecified atom stereocenters. The van der Waals surface area contributed by atoms with Gasteiger partial charge in [-0.3, -0.25) is 19.2 Å². The molecule has 7 nitrogen and oxygen atoms in total. The Kier molecular flexibility index (Phi) is 5.54. The average molecular weight is 380 g/mol. The highest BCUT2D eigenvalue weighted by molar-refractivity contribution is 6.04. The highest BCUT2D eigenvalue weighted by Gasteiger charge is 2.24. The molecule has 0 atom stereocenters. The number of amides is 2. The lowest BCUT2D eigenvalue weighted by molar-refractivity contribution is -0.141. The van der Waals surface area contributed by atoms with Crippen molar-refractivity contribution < 1.29 is 23.9 Å². The highest BCUT2D eigenvalue weighted by atomic mass is 16.5. The summed E-state index contributed by atoms with van der Waals surface area (Å²) in [6.07, 6.45) is 0.290. The van der Waals surface area contributed by atoms with Crippen molar-refractivity contribution in [2.24, 2.45) is 0 Å². The molecule has 1 aliphatic rings. The molecule has 2 aromatic carbocycles. The number of Topliss-reactive ketones (excluding diaryl/α,β-unsaturated/α-hetero) is 1. The standard InChI is InChI=1S/C21H20N2O5/c1-13(24)22-17-6-3-14(4-7-17)9-21(27)28-12-19(25)15-5-8-18-16(10-15)11-20(26)23(18)2/h3-8,10H,9,11-12H2,1-2H3,(H,22,24). The van der Waals surface area contributed by atoms with E-state index in [1.165, 1.54) is 6.92 Å². The zero-order chi connectivity index (χ0) is 20.3. The van der Waals surface area contributed by atoms with Crippen LogP contribution in [0.2, 0.25) is 0 Å². The van der Waals surface area contributed by atoms with Crippen LogP contribution in [0.1, 0.15) is 28.4 Å². The smallest absolute Gasteiger partial charge is 0.310 e. The number of ether oxygens (including phenoxy) is 1. The Morgan fingerprint density at radius 3 is 2.50 bits per heavy atom. The first-order valence-corrected chi connectivity index (χ1v) is 8.78. The fourth-order valence-electron chi connectivity index (χ4n) is 3.00. The van der Waals surface area contributed by atoms with Gasteiger partial charge in [-0.05, 0) is 41.5 Å². The third-order valence-electron chi connectivity index (χ3n) is 4.47. The predicted octanol–water partition coefficient (Wildman–Crippen LogP) is 2.13. The Morgan fingerprint density at radius 2 is 1.82 bits per heavy atom. The Labute approximate surface area is 162 Å². The number of nitrogens with one attached hydrogen (secondary N) is 1. The molecule has 0 radical (unpaired) electrons. The number of benzene rings is 2. The van der Waals surface area contributed by atoms with Crippen molar-refractivity contribution in [1.82, 2.24) is 0 Å². The minimum Gasteiger partial charge on any atom is -0.457 e. The molecule has 1 N–H and O–H groups in total. The normalized spacial score (nSPS) is 12.5. The number of esters is 1. The van der Waals surface area contributed by atoms with Crippen LogP contribution in [0.15, 0.2) is 42.5 Å². The van der Waals surface area contributed by atoms with Gasteiger partial charge in [0.2, 0.25) is 11.8 Å². The number of hydrogen-bond acceptors (Lipinski definition) is 5. The maximum absolute atomic E-state index is 12.3. The van der Waals surface area contributed by atoms with Crippen molar-refractivity contribution in [2.45, 2.75) is 19.8 Å². The summed E-state index contributed by atoms with van der Waals surface area (Å²) < 4.78 is 5.08. The van der Waals surface area contributed by atoms with Gasteiger partial charge in [-0.15, -0.1) is 0 Å². The number of nitrogens with zero attached hydrogens (tertiary/aromatic N) is 1. The van der Waals surface area contributed by atoms with Crippen molar-refractivity contribution in [1.29, 1.82) is 0 Å². The predicted molar refractivity (Wildman–Crippen MR) is 103 cm³/mol. The molecule has 3 rings (SSSR count). The molecule has 0 saturated heterocycles. The maximum atomic E-state index is 12.3. The van der Waals surface area contributed by atoms with Gasteiger partial charge in [0.25, 0.3) is 0 Å². The molecular formula is C21H20N2O5. The molecule has 1 aliphatic heterocycles. The molecule has 144 valence electrons. The lowest BCUT2D eigenvalue weighted by atomic mass is 10.1. The number of likely N-dealkylation sites (N-methyl/N-ethyl adjacent to an activating group) is 1. The molecule has 0 bridgehead atoms. The Bertz CT molecular complexity index is 950. The van der Waals surface area contributed by atoms with E-state index in [1.54, 1.807) is 54.4 Å². The van der Waals surface area contributed by atoms with Crippen LogP contribution >= 0.6 is 0 Å². The number of carbonyl (C=O) groups is 4. The summed E-state index contributed by atoms with van der Waals surface area (Å²) in [5, 5.41) is 2.64. The molecular weight excluding hydrogens is 360 g/mol. The third-order valence-corrected chi connectivity index (χ3v) is 4.47. The van der Waals surface area contributed by atoms with E-state index in [1.807, 2.05) is 0 Å². The fraction of sp³-hybridized carbons (Fsp3) is 0.238. The summed E-state index contributed by atoms with van der Waals surface area (Å²) in [5.74, 6) is -1.03. The molecule has 28 heavy (non-hydrogen) atoms. The molecule has 0 aromatic heterocycles. The van der Waals surface area contributed by atoms with Gasteiger partial charge in [0, 0.05) is 30.9 Å². The van der Waals surface area contributed by atoms with Crippen LogP contribution in [0.4, 0.5) is 11.4 Å². The van der Waals surface area contributed by atoms with Gasteiger partial charge in [-0.1, -0.05) is 12.1 Å². The van der Waals surface area contributed by atoms with Gasteiger partial charge in [-0.25, -0.2) is 0 Å². The minimum absolute atomic E-state index is 0.0180. The number of carbonyl (C=O) groups excluding carboxylic acids is 4. The SMILES string of the molecule is CC(=O)Nc1ccc(CC(=O)OCC(=O)c2ccc3c(c2)CC(=O)N3C)cc1. The molecule has 2 amide bonds. The van der Waals surface area contributed by atoms with Crippen molar-refractivity contribution in [3.05, 3.63) is 59.2 Å². The second-order valence-electron chi connectivity index (χ2n) is 6.61. The summed E-state index contributed by atoms with van der Waals surface area (Å²) >= 11 is 0. The quantitative estimate of drug-likeness (QED) is 0.612. The fourth-order valence-corrected chi connectivity index (χ4v) is 3.00. The van der Waals surface area contributed by atoms with Gasteiger partial charge in [-0.2, -0.15) is 0 Å². The van der Waals surface area contributed by atoms with E-state index in [0.717, 1.165) is 11.3 Å². The Hall–Kier alpha value is -3.48. The van der Waals surface area contributed by atoms with Crippen molar-refractivity contribution in [3.63, 3.8) is 0 Å².